The number of hydrogen-bond acceptors (Lipinski definition) is 4. The van der Waals surface area contributed by atoms with Crippen LogP contribution in [0.2, 0.25) is 0 Å². The van der Waals surface area contributed by atoms with Crippen LogP contribution in [0.3, 0.4) is 0 Å². The van der Waals surface area contributed by atoms with E-state index in [1.807, 2.05) is 11.5 Å². The van der Waals surface area contributed by atoms with Crippen LogP contribution in [0.15, 0.2) is 15.9 Å². The lowest BCUT2D eigenvalue weighted by Gasteiger charge is -2.23. The smallest absolute Gasteiger partial charge is 0.324 e. The van der Waals surface area contributed by atoms with Crippen molar-refractivity contribution >= 4 is 11.2 Å². The number of aryl methyl sites for hydroxylation is 1. The van der Waals surface area contributed by atoms with Crippen LogP contribution >= 0.6 is 0 Å². The predicted molar refractivity (Wildman–Crippen MR) is 85.1 cm³/mol. The summed E-state index contributed by atoms with van der Waals surface area (Å²) in [4.78, 5) is 29.1. The Morgan fingerprint density at radius 1 is 1.32 bits per heavy atom. The Kier molecular flexibility index (Phi) is 4.15. The molecule has 7 heteroatoms. The van der Waals surface area contributed by atoms with Crippen molar-refractivity contribution in [1.82, 2.24) is 24.0 Å². The Bertz CT molecular complexity index is 780. The lowest BCUT2D eigenvalue weighted by Crippen LogP contribution is -2.39. The Morgan fingerprint density at radius 2 is 2.05 bits per heavy atom. The molecule has 0 bridgehead atoms. The van der Waals surface area contributed by atoms with Gasteiger partial charge in [-0.2, -0.15) is 0 Å². The van der Waals surface area contributed by atoms with Crippen molar-refractivity contribution in [2.24, 2.45) is 13.0 Å². The molecule has 1 saturated heterocycles. The summed E-state index contributed by atoms with van der Waals surface area (Å²) in [5.41, 5.74) is 0.531. The molecule has 3 rings (SSSR count). The average molecular weight is 305 g/mol. The zero-order chi connectivity index (χ0) is 15.7. The first-order chi connectivity index (χ1) is 10.6. The second-order valence-corrected chi connectivity index (χ2v) is 6.06. The Balaban J connectivity index is 2.09. The van der Waals surface area contributed by atoms with E-state index >= 15 is 0 Å². The molecule has 0 spiro atoms. The molecule has 22 heavy (non-hydrogen) atoms. The van der Waals surface area contributed by atoms with Gasteiger partial charge in [-0.25, -0.2) is 9.78 Å². The molecule has 0 unspecified atom stereocenters. The van der Waals surface area contributed by atoms with E-state index in [2.05, 4.69) is 10.3 Å². The highest BCUT2D eigenvalue weighted by Gasteiger charge is 2.19. The Hall–Kier alpha value is -1.89. The third kappa shape index (κ3) is 2.49. The van der Waals surface area contributed by atoms with Gasteiger partial charge in [0, 0.05) is 20.1 Å². The number of rotatable bonds is 4. The van der Waals surface area contributed by atoms with Crippen molar-refractivity contribution in [2.75, 3.05) is 13.1 Å². The molecule has 0 aliphatic carbocycles. The third-order valence-corrected chi connectivity index (χ3v) is 4.46. The number of piperidine rings is 1. The maximum atomic E-state index is 12.5. The number of fused-ring (bicyclic) bond motifs is 1. The molecule has 2 aromatic rings. The number of aromatic nitrogens is 4. The number of imidazole rings is 1. The lowest BCUT2D eigenvalue weighted by atomic mass is 9.98. The Morgan fingerprint density at radius 3 is 2.73 bits per heavy atom. The largest absolute Gasteiger partial charge is 0.332 e. The average Bonchev–Trinajstić information content (AvgIpc) is 2.94. The van der Waals surface area contributed by atoms with E-state index < -0.39 is 0 Å². The fourth-order valence-electron chi connectivity index (χ4n) is 3.21. The normalized spacial score (nSPS) is 16.5. The van der Waals surface area contributed by atoms with Crippen LogP contribution in [0.25, 0.3) is 11.2 Å². The van der Waals surface area contributed by atoms with Crippen LogP contribution < -0.4 is 16.6 Å². The number of nitrogens with one attached hydrogen (secondary N) is 1. The summed E-state index contributed by atoms with van der Waals surface area (Å²) in [6.45, 7) is 5.42. The summed E-state index contributed by atoms with van der Waals surface area (Å²) >= 11 is 0. The molecule has 2 aromatic heterocycles. The molecule has 0 saturated carbocycles. The van der Waals surface area contributed by atoms with Gasteiger partial charge in [0.05, 0.1) is 6.33 Å². The maximum absolute atomic E-state index is 12.5. The highest BCUT2D eigenvalue weighted by Crippen LogP contribution is 2.16. The minimum absolute atomic E-state index is 0.251. The predicted octanol–water partition coefficient (Wildman–Crippen LogP) is 0.306. The summed E-state index contributed by atoms with van der Waals surface area (Å²) in [5, 5.41) is 3.35. The van der Waals surface area contributed by atoms with Crippen LogP contribution in [-0.4, -0.2) is 31.8 Å². The second-order valence-electron chi connectivity index (χ2n) is 6.06. The van der Waals surface area contributed by atoms with Crippen LogP contribution in [0, 0.1) is 5.92 Å². The molecular formula is C15H23N5O2. The first-order valence-electron chi connectivity index (χ1n) is 7.98. The fourth-order valence-corrected chi connectivity index (χ4v) is 3.21. The highest BCUT2D eigenvalue weighted by atomic mass is 16.2. The lowest BCUT2D eigenvalue weighted by molar-refractivity contribution is 0.336. The van der Waals surface area contributed by atoms with Gasteiger partial charge in [-0.3, -0.25) is 13.9 Å². The van der Waals surface area contributed by atoms with Gasteiger partial charge in [0.15, 0.2) is 11.2 Å². The van der Waals surface area contributed by atoms with Gasteiger partial charge in [0.25, 0.3) is 5.56 Å². The molecule has 1 N–H and O–H groups in total. The summed E-state index contributed by atoms with van der Waals surface area (Å²) in [6, 6.07) is 0. The summed E-state index contributed by atoms with van der Waals surface area (Å²) in [5.74, 6) is 0.551. The highest BCUT2D eigenvalue weighted by molar-refractivity contribution is 5.70. The van der Waals surface area contributed by atoms with Gasteiger partial charge in [0.2, 0.25) is 0 Å². The molecule has 0 aromatic carbocycles. The minimum Gasteiger partial charge on any atom is -0.324 e. The third-order valence-electron chi connectivity index (χ3n) is 4.46. The van der Waals surface area contributed by atoms with Crippen molar-refractivity contribution in [3.05, 3.63) is 27.2 Å². The van der Waals surface area contributed by atoms with Crippen molar-refractivity contribution in [1.29, 1.82) is 0 Å². The van der Waals surface area contributed by atoms with E-state index in [1.165, 1.54) is 11.6 Å². The van der Waals surface area contributed by atoms with Gasteiger partial charge in [-0.05, 0) is 38.3 Å². The van der Waals surface area contributed by atoms with E-state index in [9.17, 15) is 9.59 Å². The van der Waals surface area contributed by atoms with Crippen molar-refractivity contribution in [3.63, 3.8) is 0 Å². The van der Waals surface area contributed by atoms with E-state index in [1.54, 1.807) is 10.9 Å². The molecule has 1 aliphatic heterocycles. The van der Waals surface area contributed by atoms with E-state index in [0.717, 1.165) is 38.9 Å². The standard InChI is InChI=1S/C15H23N5O2/c1-3-8-20-13-12(14(21)18(2)15(20)22)19(10-17-13)9-11-4-6-16-7-5-11/h10-11,16H,3-9H2,1-2H3. The summed E-state index contributed by atoms with van der Waals surface area (Å²) in [6.07, 6.45) is 4.75. The van der Waals surface area contributed by atoms with Crippen LogP contribution in [0.5, 0.6) is 0 Å². The van der Waals surface area contributed by atoms with Crippen molar-refractivity contribution in [2.45, 2.75) is 39.3 Å². The summed E-state index contributed by atoms with van der Waals surface area (Å²) < 4.78 is 4.73. The van der Waals surface area contributed by atoms with Crippen LogP contribution in [-0.2, 0) is 20.1 Å². The van der Waals surface area contributed by atoms with Gasteiger partial charge in [0.1, 0.15) is 0 Å². The van der Waals surface area contributed by atoms with Crippen molar-refractivity contribution < 1.29 is 0 Å². The monoisotopic (exact) mass is 305 g/mol. The molecule has 0 radical (unpaired) electrons. The minimum atomic E-state index is -0.286. The number of hydrogen-bond donors (Lipinski definition) is 1. The van der Waals surface area contributed by atoms with E-state index in [-0.39, 0.29) is 11.2 Å². The fraction of sp³-hybridized carbons (Fsp3) is 0.667. The first-order valence-corrected chi connectivity index (χ1v) is 7.98. The number of nitrogens with zero attached hydrogens (tertiary/aromatic N) is 4. The van der Waals surface area contributed by atoms with Gasteiger partial charge >= 0.3 is 5.69 Å². The van der Waals surface area contributed by atoms with Crippen LogP contribution in [0.4, 0.5) is 0 Å². The Labute approximate surface area is 128 Å². The maximum Gasteiger partial charge on any atom is 0.332 e. The quantitative estimate of drug-likeness (QED) is 0.882. The zero-order valence-corrected chi connectivity index (χ0v) is 13.2. The molecule has 1 aliphatic rings. The van der Waals surface area contributed by atoms with Gasteiger partial charge in [-0.15, -0.1) is 0 Å². The van der Waals surface area contributed by atoms with Crippen LogP contribution in [0.1, 0.15) is 26.2 Å². The molecule has 0 atom stereocenters. The molecule has 7 nitrogen and oxygen atoms in total. The molecule has 0 amide bonds. The SMILES string of the molecule is CCCn1c(=O)n(C)c(=O)c2c1ncn2CC1CCNCC1. The van der Waals surface area contributed by atoms with E-state index in [4.69, 9.17) is 0 Å². The molecule has 1 fully saturated rings. The molecule has 3 heterocycles. The van der Waals surface area contributed by atoms with Gasteiger partial charge in [-0.1, -0.05) is 6.92 Å². The first kappa shape index (κ1) is 15.0. The molecular weight excluding hydrogens is 282 g/mol. The summed E-state index contributed by atoms with van der Waals surface area (Å²) in [7, 11) is 1.54. The van der Waals surface area contributed by atoms with Crippen molar-refractivity contribution in [3.8, 4) is 0 Å². The topological polar surface area (TPSA) is 73.8 Å². The second kappa shape index (κ2) is 6.08. The van der Waals surface area contributed by atoms with E-state index in [0.29, 0.717) is 23.6 Å². The van der Waals surface area contributed by atoms with Gasteiger partial charge < -0.3 is 9.88 Å². The molecule has 120 valence electrons. The zero-order valence-electron chi connectivity index (χ0n) is 13.2.